The number of nitrogens with zero attached hydrogens (tertiary/aromatic N) is 1. The molecule has 20 heavy (non-hydrogen) atoms. The van der Waals surface area contributed by atoms with E-state index in [1.165, 1.54) is 32.1 Å². The van der Waals surface area contributed by atoms with Crippen molar-refractivity contribution in [2.75, 3.05) is 13.1 Å². The molecule has 1 aliphatic heterocycles. The minimum atomic E-state index is 0.189. The molecule has 2 aliphatic carbocycles. The summed E-state index contributed by atoms with van der Waals surface area (Å²) in [5.74, 6) is 3.04. The van der Waals surface area contributed by atoms with Crippen molar-refractivity contribution in [3.8, 4) is 0 Å². The zero-order valence-corrected chi connectivity index (χ0v) is 12.9. The number of hydrogen-bond acceptors (Lipinski definition) is 2. The predicted octanol–water partition coefficient (Wildman–Crippen LogP) is 2.79. The Bertz CT molecular complexity index is 347. The van der Waals surface area contributed by atoms with Crippen LogP contribution in [0.4, 0.5) is 0 Å². The highest BCUT2D eigenvalue weighted by Gasteiger charge is 2.37. The Balaban J connectivity index is 1.59. The van der Waals surface area contributed by atoms with Gasteiger partial charge < -0.3 is 10.6 Å². The second kappa shape index (κ2) is 6.05. The minimum absolute atomic E-state index is 0.189. The average Bonchev–Trinajstić information content (AvgIpc) is 2.45. The Kier molecular flexibility index (Phi) is 4.34. The fourth-order valence-corrected chi connectivity index (χ4v) is 4.94. The van der Waals surface area contributed by atoms with E-state index in [-0.39, 0.29) is 6.04 Å². The normalized spacial score (nSPS) is 42.1. The molecule has 0 aromatic rings. The van der Waals surface area contributed by atoms with Gasteiger partial charge in [0, 0.05) is 25.0 Å². The number of fused-ring (bicyclic) bond motifs is 1. The molecule has 5 unspecified atom stereocenters. The zero-order chi connectivity index (χ0) is 14.1. The van der Waals surface area contributed by atoms with Gasteiger partial charge in [-0.05, 0) is 43.4 Å². The molecule has 3 heteroatoms. The van der Waals surface area contributed by atoms with Gasteiger partial charge >= 0.3 is 0 Å². The van der Waals surface area contributed by atoms with Crippen LogP contribution in [-0.4, -0.2) is 29.9 Å². The van der Waals surface area contributed by atoms with Crippen molar-refractivity contribution in [1.29, 1.82) is 0 Å². The highest BCUT2D eigenvalue weighted by Crippen LogP contribution is 2.43. The summed E-state index contributed by atoms with van der Waals surface area (Å²) in [4.78, 5) is 14.9. The molecule has 1 heterocycles. The third-order valence-corrected chi connectivity index (χ3v) is 5.89. The lowest BCUT2D eigenvalue weighted by Gasteiger charge is -2.42. The van der Waals surface area contributed by atoms with Gasteiger partial charge in [0.1, 0.15) is 0 Å². The summed E-state index contributed by atoms with van der Waals surface area (Å²) in [6, 6.07) is 0.189. The van der Waals surface area contributed by atoms with E-state index in [1.807, 2.05) is 0 Å². The van der Waals surface area contributed by atoms with Crippen LogP contribution < -0.4 is 5.73 Å². The second-order valence-electron chi connectivity index (χ2n) is 7.66. The Morgan fingerprint density at radius 3 is 2.50 bits per heavy atom. The van der Waals surface area contributed by atoms with Crippen LogP contribution in [0.25, 0.3) is 0 Å². The lowest BCUT2D eigenvalue weighted by molar-refractivity contribution is -0.140. The van der Waals surface area contributed by atoms with Gasteiger partial charge in [0.05, 0.1) is 0 Å². The topological polar surface area (TPSA) is 46.3 Å². The van der Waals surface area contributed by atoms with Crippen molar-refractivity contribution in [2.24, 2.45) is 29.4 Å². The largest absolute Gasteiger partial charge is 0.341 e. The number of amides is 1. The van der Waals surface area contributed by atoms with Gasteiger partial charge in [-0.1, -0.05) is 32.6 Å². The van der Waals surface area contributed by atoms with E-state index in [1.54, 1.807) is 0 Å². The quantitative estimate of drug-likeness (QED) is 0.801. The van der Waals surface area contributed by atoms with E-state index < -0.39 is 0 Å². The maximum Gasteiger partial charge on any atom is 0.225 e. The molecule has 114 valence electrons. The number of carbonyl (C=O) groups is 1. The van der Waals surface area contributed by atoms with Crippen LogP contribution in [0.2, 0.25) is 0 Å². The van der Waals surface area contributed by atoms with Gasteiger partial charge in [0.25, 0.3) is 0 Å². The van der Waals surface area contributed by atoms with E-state index in [9.17, 15) is 4.79 Å². The summed E-state index contributed by atoms with van der Waals surface area (Å²) in [6.45, 7) is 3.93. The summed E-state index contributed by atoms with van der Waals surface area (Å²) in [7, 11) is 0. The monoisotopic (exact) mass is 278 g/mol. The van der Waals surface area contributed by atoms with Gasteiger partial charge in [-0.2, -0.15) is 0 Å². The third kappa shape index (κ3) is 3.03. The minimum Gasteiger partial charge on any atom is -0.341 e. The lowest BCUT2D eigenvalue weighted by Crippen LogP contribution is -2.51. The molecule has 0 aromatic carbocycles. The van der Waals surface area contributed by atoms with Crippen molar-refractivity contribution in [1.82, 2.24) is 4.90 Å². The van der Waals surface area contributed by atoms with E-state index in [2.05, 4.69) is 11.8 Å². The molecule has 3 aliphatic rings. The van der Waals surface area contributed by atoms with Crippen molar-refractivity contribution >= 4 is 5.91 Å². The van der Waals surface area contributed by atoms with Crippen LogP contribution in [0.3, 0.4) is 0 Å². The molecular weight excluding hydrogens is 248 g/mol. The molecule has 3 nitrogen and oxygen atoms in total. The van der Waals surface area contributed by atoms with E-state index in [0.717, 1.165) is 44.2 Å². The van der Waals surface area contributed by atoms with Crippen molar-refractivity contribution < 1.29 is 4.79 Å². The molecule has 0 bridgehead atoms. The third-order valence-electron chi connectivity index (χ3n) is 5.89. The van der Waals surface area contributed by atoms with Gasteiger partial charge in [-0.3, -0.25) is 4.79 Å². The van der Waals surface area contributed by atoms with Crippen molar-refractivity contribution in [3.63, 3.8) is 0 Å². The first kappa shape index (κ1) is 14.4. The predicted molar refractivity (Wildman–Crippen MR) is 81.1 cm³/mol. The maximum absolute atomic E-state index is 12.8. The molecule has 3 fully saturated rings. The summed E-state index contributed by atoms with van der Waals surface area (Å²) in [6.07, 6.45) is 10.2. The molecule has 0 aromatic heterocycles. The van der Waals surface area contributed by atoms with Crippen LogP contribution in [0, 0.1) is 23.7 Å². The second-order valence-corrected chi connectivity index (χ2v) is 7.66. The standard InChI is InChI=1S/C17H30N2O/c1-12-8-16(18)11-19(10-12)17(20)15-7-6-13-4-2-3-5-14(13)9-15/h12-16H,2-11,18H2,1H3. The molecule has 5 atom stereocenters. The molecule has 1 saturated heterocycles. The molecule has 3 rings (SSSR count). The molecule has 2 N–H and O–H groups in total. The highest BCUT2D eigenvalue weighted by atomic mass is 16.2. The smallest absolute Gasteiger partial charge is 0.225 e. The van der Waals surface area contributed by atoms with Crippen LogP contribution in [0.15, 0.2) is 0 Å². The first-order valence-electron chi connectivity index (χ1n) is 8.68. The number of likely N-dealkylation sites (tertiary alicyclic amines) is 1. The zero-order valence-electron chi connectivity index (χ0n) is 12.9. The van der Waals surface area contributed by atoms with E-state index in [0.29, 0.717) is 17.7 Å². The SMILES string of the molecule is CC1CC(N)CN(C(=O)C2CCC3CCCCC3C2)C1. The average molecular weight is 278 g/mol. The summed E-state index contributed by atoms with van der Waals surface area (Å²) < 4.78 is 0. The first-order valence-corrected chi connectivity index (χ1v) is 8.68. The number of hydrogen-bond donors (Lipinski definition) is 1. The molecular formula is C17H30N2O. The van der Waals surface area contributed by atoms with E-state index >= 15 is 0 Å². The number of carbonyl (C=O) groups excluding carboxylic acids is 1. The Morgan fingerprint density at radius 1 is 1.00 bits per heavy atom. The number of piperidine rings is 1. The van der Waals surface area contributed by atoms with Gasteiger partial charge in [-0.25, -0.2) is 0 Å². The molecule has 2 saturated carbocycles. The number of rotatable bonds is 1. The fraction of sp³-hybridized carbons (Fsp3) is 0.941. The summed E-state index contributed by atoms with van der Waals surface area (Å²) >= 11 is 0. The highest BCUT2D eigenvalue weighted by molar-refractivity contribution is 5.79. The summed E-state index contributed by atoms with van der Waals surface area (Å²) in [5, 5.41) is 0. The van der Waals surface area contributed by atoms with Crippen molar-refractivity contribution in [2.45, 2.75) is 64.3 Å². The van der Waals surface area contributed by atoms with Gasteiger partial charge in [0.2, 0.25) is 5.91 Å². The first-order chi connectivity index (χ1) is 9.63. The van der Waals surface area contributed by atoms with Crippen LogP contribution in [-0.2, 0) is 4.79 Å². The number of nitrogens with two attached hydrogens (primary N) is 1. The molecule has 1 amide bonds. The fourth-order valence-electron chi connectivity index (χ4n) is 4.94. The van der Waals surface area contributed by atoms with Crippen LogP contribution >= 0.6 is 0 Å². The Hall–Kier alpha value is -0.570. The van der Waals surface area contributed by atoms with Crippen LogP contribution in [0.1, 0.15) is 58.3 Å². The Morgan fingerprint density at radius 2 is 1.75 bits per heavy atom. The van der Waals surface area contributed by atoms with Crippen LogP contribution in [0.5, 0.6) is 0 Å². The van der Waals surface area contributed by atoms with Gasteiger partial charge in [-0.15, -0.1) is 0 Å². The maximum atomic E-state index is 12.8. The molecule has 0 radical (unpaired) electrons. The summed E-state index contributed by atoms with van der Waals surface area (Å²) in [5.41, 5.74) is 6.10. The van der Waals surface area contributed by atoms with E-state index in [4.69, 9.17) is 5.73 Å². The Labute approximate surface area is 123 Å². The van der Waals surface area contributed by atoms with Crippen molar-refractivity contribution in [3.05, 3.63) is 0 Å². The van der Waals surface area contributed by atoms with Gasteiger partial charge in [0.15, 0.2) is 0 Å². The molecule has 0 spiro atoms. The lowest BCUT2D eigenvalue weighted by atomic mass is 9.67.